The van der Waals surface area contributed by atoms with E-state index in [0.29, 0.717) is 13.0 Å². The first-order chi connectivity index (χ1) is 10.0. The van der Waals surface area contributed by atoms with E-state index in [1.807, 2.05) is 31.2 Å². The number of carboxylic acid groups (broad SMARTS) is 1. The van der Waals surface area contributed by atoms with Gasteiger partial charge in [-0.2, -0.15) is 0 Å². The minimum atomic E-state index is -1.25. The van der Waals surface area contributed by atoms with Crippen molar-refractivity contribution in [2.45, 2.75) is 24.6 Å². The summed E-state index contributed by atoms with van der Waals surface area (Å²) in [4.78, 5) is 23.2. The fourth-order valence-corrected chi connectivity index (χ4v) is 2.92. The molecule has 0 aliphatic carbocycles. The van der Waals surface area contributed by atoms with Crippen LogP contribution >= 0.6 is 11.8 Å². The van der Waals surface area contributed by atoms with Crippen LogP contribution in [-0.2, 0) is 20.1 Å². The SMILES string of the molecule is Cc1ccc(CSCC(=O)NC2(C(=O)O)CCOC2)cc1. The first kappa shape index (κ1) is 15.9. The zero-order chi connectivity index (χ0) is 15.3. The summed E-state index contributed by atoms with van der Waals surface area (Å²) in [7, 11) is 0. The Kier molecular flexibility index (Phi) is 5.25. The monoisotopic (exact) mass is 309 g/mol. The summed E-state index contributed by atoms with van der Waals surface area (Å²) < 4.78 is 5.11. The van der Waals surface area contributed by atoms with Crippen LogP contribution in [0.5, 0.6) is 0 Å². The van der Waals surface area contributed by atoms with E-state index >= 15 is 0 Å². The lowest BCUT2D eigenvalue weighted by atomic mass is 9.99. The maximum absolute atomic E-state index is 11.9. The number of amides is 1. The van der Waals surface area contributed by atoms with Crippen LogP contribution in [0.15, 0.2) is 24.3 Å². The summed E-state index contributed by atoms with van der Waals surface area (Å²) in [6, 6.07) is 8.13. The van der Waals surface area contributed by atoms with E-state index in [9.17, 15) is 14.7 Å². The molecule has 1 unspecified atom stereocenters. The van der Waals surface area contributed by atoms with Gasteiger partial charge in [0.2, 0.25) is 5.91 Å². The van der Waals surface area contributed by atoms with Crippen LogP contribution < -0.4 is 5.32 Å². The van der Waals surface area contributed by atoms with Crippen molar-refractivity contribution in [3.05, 3.63) is 35.4 Å². The molecule has 0 aromatic heterocycles. The van der Waals surface area contributed by atoms with Gasteiger partial charge in [-0.05, 0) is 12.5 Å². The third-order valence-electron chi connectivity index (χ3n) is 3.43. The van der Waals surface area contributed by atoms with E-state index in [4.69, 9.17) is 4.74 Å². The number of carboxylic acids is 1. The third-order valence-corrected chi connectivity index (χ3v) is 4.44. The Morgan fingerprint density at radius 1 is 1.38 bits per heavy atom. The Hall–Kier alpha value is -1.53. The molecule has 0 radical (unpaired) electrons. The fraction of sp³-hybridized carbons (Fsp3) is 0.467. The molecule has 1 aromatic carbocycles. The second-order valence-corrected chi connectivity index (χ2v) is 6.20. The van der Waals surface area contributed by atoms with Gasteiger partial charge in [0.25, 0.3) is 0 Å². The number of aryl methyl sites for hydroxylation is 1. The Morgan fingerprint density at radius 3 is 2.67 bits per heavy atom. The molecular formula is C15H19NO4S. The van der Waals surface area contributed by atoms with Gasteiger partial charge in [0.1, 0.15) is 0 Å². The standard InChI is InChI=1S/C15H19NO4S/c1-11-2-4-12(5-3-11)8-21-9-13(17)16-15(14(18)19)6-7-20-10-15/h2-5H,6-10H2,1H3,(H,16,17)(H,18,19). The topological polar surface area (TPSA) is 75.6 Å². The van der Waals surface area contributed by atoms with Crippen molar-refractivity contribution in [3.8, 4) is 0 Å². The van der Waals surface area contributed by atoms with Gasteiger partial charge in [-0.3, -0.25) is 4.79 Å². The molecule has 2 rings (SSSR count). The molecule has 0 spiro atoms. The van der Waals surface area contributed by atoms with Crippen molar-refractivity contribution in [1.82, 2.24) is 5.32 Å². The highest BCUT2D eigenvalue weighted by Crippen LogP contribution is 2.20. The zero-order valence-electron chi connectivity index (χ0n) is 11.9. The molecule has 5 nitrogen and oxygen atoms in total. The van der Waals surface area contributed by atoms with Crippen LogP contribution in [0.3, 0.4) is 0 Å². The summed E-state index contributed by atoms with van der Waals surface area (Å²) in [6.45, 7) is 2.43. The van der Waals surface area contributed by atoms with E-state index in [-0.39, 0.29) is 18.3 Å². The van der Waals surface area contributed by atoms with Crippen molar-refractivity contribution in [2.75, 3.05) is 19.0 Å². The molecule has 1 aromatic rings. The molecule has 1 amide bonds. The van der Waals surface area contributed by atoms with Crippen LogP contribution in [0.25, 0.3) is 0 Å². The largest absolute Gasteiger partial charge is 0.479 e. The van der Waals surface area contributed by atoms with E-state index in [0.717, 1.165) is 11.3 Å². The van der Waals surface area contributed by atoms with Gasteiger partial charge >= 0.3 is 5.97 Å². The van der Waals surface area contributed by atoms with Gasteiger partial charge in [0, 0.05) is 18.8 Å². The summed E-state index contributed by atoms with van der Waals surface area (Å²) in [5.74, 6) is -0.329. The Morgan fingerprint density at radius 2 is 2.10 bits per heavy atom. The van der Waals surface area contributed by atoms with E-state index < -0.39 is 11.5 Å². The average molecular weight is 309 g/mol. The van der Waals surface area contributed by atoms with E-state index in [2.05, 4.69) is 5.32 Å². The van der Waals surface area contributed by atoms with Crippen LogP contribution in [0.2, 0.25) is 0 Å². The number of rotatable bonds is 6. The molecule has 1 heterocycles. The van der Waals surface area contributed by atoms with Crippen LogP contribution in [0.1, 0.15) is 17.5 Å². The number of carbonyl (C=O) groups is 2. The predicted molar refractivity (Wildman–Crippen MR) is 81.3 cm³/mol. The molecular weight excluding hydrogens is 290 g/mol. The van der Waals surface area contributed by atoms with Gasteiger partial charge < -0.3 is 15.2 Å². The van der Waals surface area contributed by atoms with E-state index in [1.165, 1.54) is 17.3 Å². The van der Waals surface area contributed by atoms with Crippen molar-refractivity contribution < 1.29 is 19.4 Å². The lowest BCUT2D eigenvalue weighted by Gasteiger charge is -2.23. The van der Waals surface area contributed by atoms with Crippen LogP contribution in [-0.4, -0.2) is 41.5 Å². The van der Waals surface area contributed by atoms with Gasteiger partial charge in [-0.25, -0.2) is 4.79 Å². The summed E-state index contributed by atoms with van der Waals surface area (Å²) in [5, 5.41) is 11.8. The Bertz CT molecular complexity index is 509. The predicted octanol–water partition coefficient (Wildman–Crippen LogP) is 1.59. The fourth-order valence-electron chi connectivity index (χ4n) is 2.13. The zero-order valence-corrected chi connectivity index (χ0v) is 12.7. The molecule has 0 bridgehead atoms. The second kappa shape index (κ2) is 6.95. The van der Waals surface area contributed by atoms with Crippen molar-refractivity contribution in [2.24, 2.45) is 0 Å². The molecule has 6 heteroatoms. The maximum atomic E-state index is 11.9. The van der Waals surface area contributed by atoms with Gasteiger partial charge in [-0.15, -0.1) is 11.8 Å². The highest BCUT2D eigenvalue weighted by molar-refractivity contribution is 7.99. The lowest BCUT2D eigenvalue weighted by molar-refractivity contribution is -0.147. The van der Waals surface area contributed by atoms with E-state index in [1.54, 1.807) is 0 Å². The summed E-state index contributed by atoms with van der Waals surface area (Å²) >= 11 is 1.47. The van der Waals surface area contributed by atoms with Crippen LogP contribution in [0, 0.1) is 6.92 Å². The Labute approximate surface area is 128 Å². The molecule has 114 valence electrons. The quantitative estimate of drug-likeness (QED) is 0.834. The first-order valence-electron chi connectivity index (χ1n) is 6.77. The van der Waals surface area contributed by atoms with Crippen molar-refractivity contribution >= 4 is 23.6 Å². The highest BCUT2D eigenvalue weighted by Gasteiger charge is 2.43. The lowest BCUT2D eigenvalue weighted by Crippen LogP contribution is -2.55. The molecule has 1 fully saturated rings. The average Bonchev–Trinajstić information content (AvgIpc) is 2.91. The molecule has 1 aliphatic heterocycles. The summed E-state index contributed by atoms with van der Waals surface area (Å²) in [5.41, 5.74) is 1.10. The van der Waals surface area contributed by atoms with Crippen molar-refractivity contribution in [1.29, 1.82) is 0 Å². The van der Waals surface area contributed by atoms with Gasteiger partial charge in [0.15, 0.2) is 5.54 Å². The number of aliphatic carboxylic acids is 1. The number of hydrogen-bond donors (Lipinski definition) is 2. The van der Waals surface area contributed by atoms with Crippen molar-refractivity contribution in [3.63, 3.8) is 0 Å². The molecule has 21 heavy (non-hydrogen) atoms. The molecule has 2 N–H and O–H groups in total. The van der Waals surface area contributed by atoms with Crippen LogP contribution in [0.4, 0.5) is 0 Å². The third kappa shape index (κ3) is 4.22. The first-order valence-corrected chi connectivity index (χ1v) is 7.93. The molecule has 1 aliphatic rings. The smallest absolute Gasteiger partial charge is 0.331 e. The number of nitrogens with one attached hydrogen (secondary N) is 1. The molecule has 1 saturated heterocycles. The Balaban J connectivity index is 1.79. The number of benzene rings is 1. The molecule has 1 atom stereocenters. The minimum Gasteiger partial charge on any atom is -0.479 e. The number of ether oxygens (including phenoxy) is 1. The maximum Gasteiger partial charge on any atom is 0.331 e. The van der Waals surface area contributed by atoms with Gasteiger partial charge in [-0.1, -0.05) is 29.8 Å². The number of thioether (sulfide) groups is 1. The van der Waals surface area contributed by atoms with Gasteiger partial charge in [0.05, 0.1) is 12.4 Å². The minimum absolute atomic E-state index is 0.0384. The molecule has 0 saturated carbocycles. The number of hydrogen-bond acceptors (Lipinski definition) is 4. The number of carbonyl (C=O) groups excluding carboxylic acids is 1. The second-order valence-electron chi connectivity index (χ2n) is 5.22. The summed E-state index contributed by atoms with van der Waals surface area (Å²) in [6.07, 6.45) is 0.316. The highest BCUT2D eigenvalue weighted by atomic mass is 32.2. The normalized spacial score (nSPS) is 21.2.